The molecule has 0 aromatic carbocycles. The summed E-state index contributed by atoms with van der Waals surface area (Å²) in [5.74, 6) is -0.289. The standard InChI is InChI=1S/C26H52O2/c1-4-5-6-7-8-9-10-11-12-13-14-15-16-17-18-19-20-21-22-24(2)23-25(3)26(27)28/h24-25H,4-23H2,1-3H3,(H,27,28)/t24-,25-/m0/s1. The van der Waals surface area contributed by atoms with Gasteiger partial charge in [0, 0.05) is 0 Å². The van der Waals surface area contributed by atoms with Crippen LogP contribution in [0.1, 0.15) is 149 Å². The summed E-state index contributed by atoms with van der Waals surface area (Å²) in [6, 6.07) is 0. The molecule has 0 spiro atoms. The number of unbranched alkanes of at least 4 members (excludes halogenated alkanes) is 17. The lowest BCUT2D eigenvalue weighted by molar-refractivity contribution is -0.141. The molecule has 0 unspecified atom stereocenters. The predicted molar refractivity (Wildman–Crippen MR) is 124 cm³/mol. The molecule has 0 fully saturated rings. The van der Waals surface area contributed by atoms with Crippen LogP contribution in [-0.4, -0.2) is 11.1 Å². The highest BCUT2D eigenvalue weighted by atomic mass is 16.4. The van der Waals surface area contributed by atoms with Crippen molar-refractivity contribution in [2.24, 2.45) is 11.8 Å². The summed E-state index contributed by atoms with van der Waals surface area (Å²) >= 11 is 0. The van der Waals surface area contributed by atoms with E-state index in [0.29, 0.717) is 5.92 Å². The Labute approximate surface area is 177 Å². The van der Waals surface area contributed by atoms with Gasteiger partial charge in [-0.05, 0) is 12.3 Å². The Morgan fingerprint density at radius 1 is 0.607 bits per heavy atom. The molecular formula is C26H52O2. The van der Waals surface area contributed by atoms with Gasteiger partial charge in [0.25, 0.3) is 0 Å². The van der Waals surface area contributed by atoms with Gasteiger partial charge in [0.1, 0.15) is 0 Å². The minimum atomic E-state index is -0.648. The van der Waals surface area contributed by atoms with Crippen molar-refractivity contribution in [3.63, 3.8) is 0 Å². The molecule has 0 amide bonds. The highest BCUT2D eigenvalue weighted by molar-refractivity contribution is 5.69. The number of aliphatic carboxylic acids is 1. The van der Waals surface area contributed by atoms with Crippen LogP contribution in [0.3, 0.4) is 0 Å². The van der Waals surface area contributed by atoms with Crippen LogP contribution >= 0.6 is 0 Å². The number of rotatable bonds is 22. The molecule has 0 bridgehead atoms. The summed E-state index contributed by atoms with van der Waals surface area (Å²) in [5.41, 5.74) is 0. The number of carboxylic acids is 1. The van der Waals surface area contributed by atoms with Crippen LogP contribution in [0.4, 0.5) is 0 Å². The molecule has 0 aliphatic rings. The van der Waals surface area contributed by atoms with Gasteiger partial charge in [-0.3, -0.25) is 4.79 Å². The van der Waals surface area contributed by atoms with E-state index in [4.69, 9.17) is 5.11 Å². The van der Waals surface area contributed by atoms with E-state index < -0.39 is 5.97 Å². The zero-order valence-electron chi connectivity index (χ0n) is 19.7. The van der Waals surface area contributed by atoms with Gasteiger partial charge < -0.3 is 5.11 Å². The summed E-state index contributed by atoms with van der Waals surface area (Å²) in [4.78, 5) is 10.9. The zero-order chi connectivity index (χ0) is 20.9. The Balaban J connectivity index is 3.15. The van der Waals surface area contributed by atoms with Crippen molar-refractivity contribution in [2.45, 2.75) is 149 Å². The van der Waals surface area contributed by atoms with Gasteiger partial charge in [-0.2, -0.15) is 0 Å². The summed E-state index contributed by atoms with van der Waals surface area (Å²) in [6.45, 7) is 6.32. The molecule has 0 heterocycles. The Bertz CT molecular complexity index is 326. The van der Waals surface area contributed by atoms with Gasteiger partial charge in [0.2, 0.25) is 0 Å². The molecule has 2 heteroatoms. The maximum atomic E-state index is 10.9. The van der Waals surface area contributed by atoms with E-state index in [1.807, 2.05) is 6.92 Å². The Hall–Kier alpha value is -0.530. The van der Waals surface area contributed by atoms with E-state index in [1.165, 1.54) is 122 Å². The molecule has 2 atom stereocenters. The van der Waals surface area contributed by atoms with Crippen LogP contribution in [0.25, 0.3) is 0 Å². The summed E-state index contributed by atoms with van der Waals surface area (Å²) in [7, 11) is 0. The summed E-state index contributed by atoms with van der Waals surface area (Å²) < 4.78 is 0. The summed E-state index contributed by atoms with van der Waals surface area (Å²) in [6.07, 6.45) is 27.5. The first-order valence-electron chi connectivity index (χ1n) is 12.8. The van der Waals surface area contributed by atoms with Crippen molar-refractivity contribution in [2.75, 3.05) is 0 Å². The minimum absolute atomic E-state index is 0.189. The second-order valence-electron chi connectivity index (χ2n) is 9.38. The maximum Gasteiger partial charge on any atom is 0.306 e. The number of hydrogen-bond donors (Lipinski definition) is 1. The van der Waals surface area contributed by atoms with Crippen molar-refractivity contribution in [1.29, 1.82) is 0 Å². The molecule has 28 heavy (non-hydrogen) atoms. The fourth-order valence-electron chi connectivity index (χ4n) is 4.22. The van der Waals surface area contributed by atoms with Gasteiger partial charge in [-0.15, -0.1) is 0 Å². The molecule has 0 aromatic rings. The van der Waals surface area contributed by atoms with Gasteiger partial charge in [0.05, 0.1) is 5.92 Å². The number of carbonyl (C=O) groups is 1. The molecule has 0 aromatic heterocycles. The Morgan fingerprint density at radius 2 is 0.929 bits per heavy atom. The quantitative estimate of drug-likeness (QED) is 0.185. The van der Waals surface area contributed by atoms with Gasteiger partial charge in [-0.25, -0.2) is 0 Å². The van der Waals surface area contributed by atoms with Crippen LogP contribution in [0.5, 0.6) is 0 Å². The lowest BCUT2D eigenvalue weighted by Gasteiger charge is -2.13. The first-order chi connectivity index (χ1) is 13.6. The first kappa shape index (κ1) is 27.5. The molecule has 2 nitrogen and oxygen atoms in total. The van der Waals surface area contributed by atoms with Crippen molar-refractivity contribution in [1.82, 2.24) is 0 Å². The van der Waals surface area contributed by atoms with Crippen LogP contribution < -0.4 is 0 Å². The number of carboxylic acid groups (broad SMARTS) is 1. The predicted octanol–water partition coefficient (Wildman–Crippen LogP) is 9.17. The first-order valence-corrected chi connectivity index (χ1v) is 12.8. The largest absolute Gasteiger partial charge is 0.481 e. The zero-order valence-corrected chi connectivity index (χ0v) is 19.7. The van der Waals surface area contributed by atoms with E-state index in [1.54, 1.807) is 0 Å². The molecule has 1 N–H and O–H groups in total. The molecule has 0 saturated heterocycles. The minimum Gasteiger partial charge on any atom is -0.481 e. The van der Waals surface area contributed by atoms with Crippen molar-refractivity contribution in [3.05, 3.63) is 0 Å². The van der Waals surface area contributed by atoms with Crippen LogP contribution in [0, 0.1) is 11.8 Å². The molecule has 0 saturated carbocycles. The van der Waals surface area contributed by atoms with E-state index in [0.717, 1.165) is 6.42 Å². The third-order valence-corrected chi connectivity index (χ3v) is 6.23. The molecule has 168 valence electrons. The Morgan fingerprint density at radius 3 is 1.25 bits per heavy atom. The van der Waals surface area contributed by atoms with Gasteiger partial charge in [-0.1, -0.05) is 143 Å². The van der Waals surface area contributed by atoms with Crippen LogP contribution in [0.2, 0.25) is 0 Å². The maximum absolute atomic E-state index is 10.9. The topological polar surface area (TPSA) is 37.3 Å². The van der Waals surface area contributed by atoms with Crippen molar-refractivity contribution < 1.29 is 9.90 Å². The molecule has 0 aliphatic heterocycles. The smallest absolute Gasteiger partial charge is 0.306 e. The van der Waals surface area contributed by atoms with Crippen molar-refractivity contribution >= 4 is 5.97 Å². The van der Waals surface area contributed by atoms with E-state index in [9.17, 15) is 4.79 Å². The molecule has 0 radical (unpaired) electrons. The van der Waals surface area contributed by atoms with Crippen LogP contribution in [0.15, 0.2) is 0 Å². The Kier molecular flexibility index (Phi) is 20.8. The second kappa shape index (κ2) is 21.2. The summed E-state index contributed by atoms with van der Waals surface area (Å²) in [5, 5.41) is 8.96. The fraction of sp³-hybridized carbons (Fsp3) is 0.962. The van der Waals surface area contributed by atoms with Gasteiger partial charge in [0.15, 0.2) is 0 Å². The fourth-order valence-corrected chi connectivity index (χ4v) is 4.22. The third kappa shape index (κ3) is 20.2. The number of hydrogen-bond acceptors (Lipinski definition) is 1. The normalized spacial score (nSPS) is 13.5. The SMILES string of the molecule is CCCCCCCCCCCCCCCCCCCC[C@H](C)C[C@H](C)C(=O)O. The third-order valence-electron chi connectivity index (χ3n) is 6.23. The average molecular weight is 397 g/mol. The van der Waals surface area contributed by atoms with Crippen LogP contribution in [-0.2, 0) is 4.79 Å². The lowest BCUT2D eigenvalue weighted by atomic mass is 9.92. The second-order valence-corrected chi connectivity index (χ2v) is 9.38. The lowest BCUT2D eigenvalue weighted by Crippen LogP contribution is -2.13. The average Bonchev–Trinajstić information content (AvgIpc) is 2.66. The van der Waals surface area contributed by atoms with Gasteiger partial charge >= 0.3 is 5.97 Å². The highest BCUT2D eigenvalue weighted by Crippen LogP contribution is 2.19. The van der Waals surface area contributed by atoms with E-state index in [2.05, 4.69) is 13.8 Å². The molecule has 0 aliphatic carbocycles. The molecule has 0 rings (SSSR count). The van der Waals surface area contributed by atoms with E-state index in [-0.39, 0.29) is 5.92 Å². The van der Waals surface area contributed by atoms with E-state index >= 15 is 0 Å². The molecular weight excluding hydrogens is 344 g/mol. The monoisotopic (exact) mass is 396 g/mol. The van der Waals surface area contributed by atoms with Crippen molar-refractivity contribution in [3.8, 4) is 0 Å². The highest BCUT2D eigenvalue weighted by Gasteiger charge is 2.14.